The number of carboxylic acids is 1. The van der Waals surface area contributed by atoms with Crippen molar-refractivity contribution in [2.24, 2.45) is 0 Å². The van der Waals surface area contributed by atoms with Crippen LogP contribution < -0.4 is 10.1 Å². The third kappa shape index (κ3) is 5.28. The Morgan fingerprint density at radius 1 is 1.27 bits per heavy atom. The minimum absolute atomic E-state index is 0.0314. The molecule has 0 aliphatic carbocycles. The molecule has 1 aromatic carbocycles. The first-order valence-corrected chi connectivity index (χ1v) is 11.9. The van der Waals surface area contributed by atoms with E-state index in [1.165, 1.54) is 49.0 Å². The topological polar surface area (TPSA) is 179 Å². The highest BCUT2D eigenvalue weighted by atomic mass is 32.2. The number of nitro groups is 1. The number of benzene rings is 1. The van der Waals surface area contributed by atoms with E-state index in [2.05, 4.69) is 5.32 Å². The molecule has 0 unspecified atom stereocenters. The molecule has 1 fully saturated rings. The van der Waals surface area contributed by atoms with Gasteiger partial charge in [0.05, 0.1) is 4.92 Å². The molecule has 4 rings (SSSR count). The number of thioether (sulfide) groups is 1. The number of carbonyl (C=O) groups is 4. The number of nitro benzene ring substituents is 1. The van der Waals surface area contributed by atoms with Gasteiger partial charge < -0.3 is 24.3 Å². The van der Waals surface area contributed by atoms with E-state index in [-0.39, 0.29) is 36.1 Å². The Balaban J connectivity index is 1.37. The fraction of sp³-hybridized carbons (Fsp3) is 0.304. The highest BCUT2D eigenvalue weighted by Crippen LogP contribution is 2.40. The normalized spacial score (nSPS) is 18.5. The summed E-state index contributed by atoms with van der Waals surface area (Å²) in [5.41, 5.74) is 0.442. The first kappa shape index (κ1) is 25.8. The van der Waals surface area contributed by atoms with Crippen molar-refractivity contribution in [3.05, 3.63) is 68.8 Å². The summed E-state index contributed by atoms with van der Waals surface area (Å²) in [5, 5.41) is 22.5. The van der Waals surface area contributed by atoms with Gasteiger partial charge in [-0.3, -0.25) is 29.4 Å². The number of aryl methyl sites for hydroxylation is 1. The fourth-order valence-corrected chi connectivity index (χ4v) is 5.18. The number of hydrogen-bond acceptors (Lipinski definition) is 10. The zero-order valence-electron chi connectivity index (χ0n) is 19.6. The summed E-state index contributed by atoms with van der Waals surface area (Å²) in [4.78, 5) is 59.8. The molecule has 1 saturated heterocycles. The third-order valence-corrected chi connectivity index (χ3v) is 6.96. The van der Waals surface area contributed by atoms with Crippen LogP contribution in [0.2, 0.25) is 0 Å². The molecule has 14 heteroatoms. The molecule has 2 atom stereocenters. The van der Waals surface area contributed by atoms with Gasteiger partial charge in [0, 0.05) is 29.9 Å². The highest BCUT2D eigenvalue weighted by molar-refractivity contribution is 8.00. The first-order valence-electron chi connectivity index (χ1n) is 10.9. The van der Waals surface area contributed by atoms with Gasteiger partial charge in [-0.05, 0) is 31.2 Å². The lowest BCUT2D eigenvalue weighted by atomic mass is 10.0. The molecule has 2 aromatic rings. The fourth-order valence-electron chi connectivity index (χ4n) is 3.85. The highest BCUT2D eigenvalue weighted by Gasteiger charge is 2.54. The van der Waals surface area contributed by atoms with E-state index in [9.17, 15) is 34.4 Å². The Kier molecular flexibility index (Phi) is 7.20. The summed E-state index contributed by atoms with van der Waals surface area (Å²) in [6, 6.07) is 6.26. The van der Waals surface area contributed by atoms with Crippen molar-refractivity contribution in [1.82, 2.24) is 10.2 Å². The van der Waals surface area contributed by atoms with Crippen LogP contribution in [0.15, 0.2) is 46.0 Å². The van der Waals surface area contributed by atoms with Crippen LogP contribution in [-0.2, 0) is 25.7 Å². The summed E-state index contributed by atoms with van der Waals surface area (Å²) in [6.07, 6.45) is 0. The number of fused-ring (bicyclic) bond motifs is 1. The Labute approximate surface area is 213 Å². The smallest absolute Gasteiger partial charge is 0.352 e. The van der Waals surface area contributed by atoms with Crippen molar-refractivity contribution in [1.29, 1.82) is 0 Å². The molecule has 2 aliphatic rings. The van der Waals surface area contributed by atoms with Gasteiger partial charge in [0.25, 0.3) is 17.5 Å². The predicted molar refractivity (Wildman–Crippen MR) is 127 cm³/mol. The number of hydrogen-bond donors (Lipinski definition) is 2. The van der Waals surface area contributed by atoms with E-state index in [0.717, 1.165) is 4.90 Å². The Morgan fingerprint density at radius 3 is 2.68 bits per heavy atom. The minimum Gasteiger partial charge on any atom is -0.486 e. The summed E-state index contributed by atoms with van der Waals surface area (Å²) >= 11 is 1.24. The van der Waals surface area contributed by atoms with E-state index >= 15 is 0 Å². The van der Waals surface area contributed by atoms with Crippen LogP contribution in [0.3, 0.4) is 0 Å². The third-order valence-electron chi connectivity index (χ3n) is 5.62. The van der Waals surface area contributed by atoms with Crippen molar-refractivity contribution in [2.75, 3.05) is 12.4 Å². The number of β-lactam (4-membered cyclic amide) rings is 1. The molecular formula is C23H21N3O10S. The minimum atomic E-state index is -1.33. The lowest BCUT2D eigenvalue weighted by Gasteiger charge is -2.49. The zero-order chi connectivity index (χ0) is 26.9. The molecule has 194 valence electrons. The zero-order valence-corrected chi connectivity index (χ0v) is 20.4. The summed E-state index contributed by atoms with van der Waals surface area (Å²) < 4.78 is 16.0. The van der Waals surface area contributed by atoms with Crippen molar-refractivity contribution < 1.29 is 43.1 Å². The van der Waals surface area contributed by atoms with Gasteiger partial charge >= 0.3 is 11.9 Å². The maximum Gasteiger partial charge on any atom is 0.352 e. The van der Waals surface area contributed by atoms with Gasteiger partial charge in [0.15, 0.2) is 5.76 Å². The molecule has 1 aromatic heterocycles. The average Bonchev–Trinajstić information content (AvgIpc) is 3.32. The van der Waals surface area contributed by atoms with Crippen LogP contribution >= 0.6 is 11.8 Å². The number of carbonyl (C=O) groups excluding carboxylic acids is 3. The molecule has 0 spiro atoms. The van der Waals surface area contributed by atoms with Crippen LogP contribution in [0.4, 0.5) is 5.69 Å². The Morgan fingerprint density at radius 2 is 2.03 bits per heavy atom. The average molecular weight is 531 g/mol. The summed E-state index contributed by atoms with van der Waals surface area (Å²) in [7, 11) is 0. The number of esters is 1. The second kappa shape index (κ2) is 10.3. The SMILES string of the molecule is CC(=O)OCC1=C(C(=O)O)N2C(=O)[C@H](NC(=O)c3ccc(COc4ccc([N+](=O)[O-])c(C)c4)o3)[C@H]2SC1. The van der Waals surface area contributed by atoms with E-state index in [0.29, 0.717) is 22.6 Å². The number of rotatable bonds is 9. The number of furan rings is 1. The van der Waals surface area contributed by atoms with Gasteiger partial charge in [-0.2, -0.15) is 0 Å². The second-order valence-corrected chi connectivity index (χ2v) is 9.26. The lowest BCUT2D eigenvalue weighted by molar-refractivity contribution is -0.385. The molecule has 13 nitrogen and oxygen atoms in total. The predicted octanol–water partition coefficient (Wildman–Crippen LogP) is 1.99. The van der Waals surface area contributed by atoms with Gasteiger partial charge in [0.2, 0.25) is 0 Å². The van der Waals surface area contributed by atoms with Crippen molar-refractivity contribution in [3.63, 3.8) is 0 Å². The summed E-state index contributed by atoms with van der Waals surface area (Å²) in [5.74, 6) is -2.35. The van der Waals surface area contributed by atoms with E-state index < -0.39 is 40.1 Å². The van der Waals surface area contributed by atoms with E-state index in [1.807, 2.05) is 0 Å². The molecular weight excluding hydrogens is 510 g/mol. The molecule has 0 radical (unpaired) electrons. The molecule has 0 bridgehead atoms. The summed E-state index contributed by atoms with van der Waals surface area (Å²) in [6.45, 7) is 2.50. The monoisotopic (exact) mass is 531 g/mol. The van der Waals surface area contributed by atoms with Crippen molar-refractivity contribution in [2.45, 2.75) is 31.9 Å². The van der Waals surface area contributed by atoms with Gasteiger partial charge in [0.1, 0.15) is 41.8 Å². The maximum absolute atomic E-state index is 12.7. The first-order chi connectivity index (χ1) is 17.6. The van der Waals surface area contributed by atoms with Crippen LogP contribution in [0.25, 0.3) is 0 Å². The Hall–Kier alpha value is -4.33. The number of nitrogens with one attached hydrogen (secondary N) is 1. The van der Waals surface area contributed by atoms with Crippen molar-refractivity contribution in [3.8, 4) is 5.75 Å². The van der Waals surface area contributed by atoms with Crippen LogP contribution in [0.5, 0.6) is 5.75 Å². The standard InChI is InChI=1S/C23H21N3O10S/c1-11-7-14(3-5-16(11)26(32)33)35-9-15-4-6-17(36-15)20(28)24-18-21(29)25-19(23(30)31)13(8-34-12(2)27)10-37-22(18)25/h3-7,18,22H,8-10H2,1-2H3,(H,24,28)(H,30,31)/t18-,22+/m0/s1. The number of amides is 2. The molecule has 2 amide bonds. The number of carboxylic acid groups (broad SMARTS) is 1. The maximum atomic E-state index is 12.7. The van der Waals surface area contributed by atoms with Gasteiger partial charge in [-0.1, -0.05) is 0 Å². The van der Waals surface area contributed by atoms with Gasteiger partial charge in [-0.15, -0.1) is 11.8 Å². The molecule has 2 N–H and O–H groups in total. The van der Waals surface area contributed by atoms with Gasteiger partial charge in [-0.25, -0.2) is 4.79 Å². The number of aliphatic carboxylic acids is 1. The molecule has 3 heterocycles. The second-order valence-electron chi connectivity index (χ2n) is 8.16. The van der Waals surface area contributed by atoms with E-state index in [1.54, 1.807) is 6.92 Å². The quantitative estimate of drug-likeness (QED) is 0.209. The van der Waals surface area contributed by atoms with Crippen LogP contribution in [0, 0.1) is 17.0 Å². The molecule has 0 saturated carbocycles. The van der Waals surface area contributed by atoms with Crippen LogP contribution in [-0.4, -0.2) is 62.5 Å². The largest absolute Gasteiger partial charge is 0.486 e. The van der Waals surface area contributed by atoms with Crippen molar-refractivity contribution >= 4 is 41.2 Å². The van der Waals surface area contributed by atoms with E-state index in [4.69, 9.17) is 13.9 Å². The number of ether oxygens (including phenoxy) is 2. The van der Waals surface area contributed by atoms with Crippen LogP contribution in [0.1, 0.15) is 28.8 Å². The molecule has 2 aliphatic heterocycles. The molecule has 37 heavy (non-hydrogen) atoms. The number of nitrogens with zero attached hydrogens (tertiary/aromatic N) is 2. The lowest BCUT2D eigenvalue weighted by Crippen LogP contribution is -2.70. The Bertz CT molecular complexity index is 1330.